The summed E-state index contributed by atoms with van der Waals surface area (Å²) < 4.78 is 0. The van der Waals surface area contributed by atoms with Crippen LogP contribution in [0.3, 0.4) is 0 Å². The minimum absolute atomic E-state index is 0.171. The van der Waals surface area contributed by atoms with Gasteiger partial charge in [-0.05, 0) is 22.0 Å². The van der Waals surface area contributed by atoms with E-state index in [9.17, 15) is 14.9 Å². The predicted octanol–water partition coefficient (Wildman–Crippen LogP) is 0.397. The van der Waals surface area contributed by atoms with Crippen molar-refractivity contribution in [3.63, 3.8) is 0 Å². The highest BCUT2D eigenvalue weighted by Gasteiger charge is 2.19. The fourth-order valence-electron chi connectivity index (χ4n) is 0.875. The number of carbonyl (C=O) groups excluding carboxylic acids is 1. The molecule has 0 saturated carbocycles. The molecular formula is C7H7N3O3. The Hall–Kier alpha value is -1.98. The van der Waals surface area contributed by atoms with Gasteiger partial charge < -0.3 is 15.8 Å². The van der Waals surface area contributed by atoms with Crippen LogP contribution in [-0.4, -0.2) is 15.8 Å². The van der Waals surface area contributed by atoms with E-state index in [0.717, 1.165) is 0 Å². The van der Waals surface area contributed by atoms with Gasteiger partial charge in [-0.3, -0.25) is 4.79 Å². The van der Waals surface area contributed by atoms with E-state index < -0.39 is 16.6 Å². The molecular weight excluding hydrogens is 174 g/mol. The molecule has 1 heterocycles. The number of hydrogen-bond donors (Lipinski definition) is 1. The zero-order valence-corrected chi connectivity index (χ0v) is 6.85. The summed E-state index contributed by atoms with van der Waals surface area (Å²) >= 11 is 0. The van der Waals surface area contributed by atoms with E-state index in [1.807, 2.05) is 0 Å². The lowest BCUT2D eigenvalue weighted by Crippen LogP contribution is -2.14. The Morgan fingerprint density at radius 3 is 2.69 bits per heavy atom. The molecule has 0 atom stereocenters. The summed E-state index contributed by atoms with van der Waals surface area (Å²) in [5.41, 5.74) is 5.22. The highest BCUT2D eigenvalue weighted by Crippen LogP contribution is 2.14. The zero-order chi connectivity index (χ0) is 10.0. The van der Waals surface area contributed by atoms with Gasteiger partial charge in [0.25, 0.3) is 5.91 Å². The second-order valence-electron chi connectivity index (χ2n) is 2.45. The normalized spacial score (nSPS) is 9.62. The van der Waals surface area contributed by atoms with Crippen molar-refractivity contribution in [3.8, 4) is 0 Å². The van der Waals surface area contributed by atoms with Crippen LogP contribution in [0.2, 0.25) is 0 Å². The third-order valence-electron chi connectivity index (χ3n) is 1.45. The smallest absolute Gasteiger partial charge is 0.365 e. The van der Waals surface area contributed by atoms with E-state index in [1.54, 1.807) is 6.92 Å². The van der Waals surface area contributed by atoms with E-state index in [1.165, 1.54) is 12.1 Å². The number of pyridine rings is 1. The van der Waals surface area contributed by atoms with E-state index in [0.29, 0.717) is 5.69 Å². The first-order valence-corrected chi connectivity index (χ1v) is 3.44. The number of amides is 1. The van der Waals surface area contributed by atoms with Crippen LogP contribution in [0.15, 0.2) is 12.1 Å². The lowest BCUT2D eigenvalue weighted by Gasteiger charge is -1.97. The second-order valence-corrected chi connectivity index (χ2v) is 2.45. The molecule has 2 N–H and O–H groups in total. The molecule has 6 heteroatoms. The average molecular weight is 181 g/mol. The number of nitrogens with zero attached hydrogens (tertiary/aromatic N) is 2. The molecule has 6 nitrogen and oxygen atoms in total. The SMILES string of the molecule is Cc1ccc(C(N)=O)c([N+](=O)[O-])n1. The van der Waals surface area contributed by atoms with Crippen molar-refractivity contribution >= 4 is 11.7 Å². The quantitative estimate of drug-likeness (QED) is 0.527. The van der Waals surface area contributed by atoms with Crippen LogP contribution in [-0.2, 0) is 0 Å². The number of aryl methyl sites for hydroxylation is 1. The monoisotopic (exact) mass is 181 g/mol. The molecule has 0 fully saturated rings. The van der Waals surface area contributed by atoms with Crippen molar-refractivity contribution in [2.45, 2.75) is 6.92 Å². The predicted molar refractivity (Wildman–Crippen MR) is 44.1 cm³/mol. The Bertz CT molecular complexity index is 375. The number of nitro groups is 1. The molecule has 1 amide bonds. The molecule has 0 radical (unpaired) electrons. The molecule has 0 aromatic carbocycles. The zero-order valence-electron chi connectivity index (χ0n) is 6.85. The van der Waals surface area contributed by atoms with Crippen LogP contribution in [0.4, 0.5) is 5.82 Å². The first-order chi connectivity index (χ1) is 6.02. The second kappa shape index (κ2) is 3.18. The molecule has 1 rings (SSSR count). The largest absolute Gasteiger partial charge is 0.376 e. The molecule has 0 aliphatic rings. The minimum Gasteiger partial charge on any atom is -0.365 e. The summed E-state index contributed by atoms with van der Waals surface area (Å²) in [5.74, 6) is -1.34. The van der Waals surface area contributed by atoms with E-state index in [4.69, 9.17) is 5.73 Å². The fourth-order valence-corrected chi connectivity index (χ4v) is 0.875. The maximum atomic E-state index is 10.7. The van der Waals surface area contributed by atoms with Gasteiger partial charge in [0, 0.05) is 6.92 Å². The van der Waals surface area contributed by atoms with Crippen LogP contribution < -0.4 is 5.73 Å². The number of nitrogens with two attached hydrogens (primary N) is 1. The van der Waals surface area contributed by atoms with Gasteiger partial charge in [0.1, 0.15) is 11.3 Å². The van der Waals surface area contributed by atoms with E-state index >= 15 is 0 Å². The van der Waals surface area contributed by atoms with Crippen molar-refractivity contribution in [3.05, 3.63) is 33.5 Å². The summed E-state index contributed by atoms with van der Waals surface area (Å²) in [4.78, 5) is 24.0. The van der Waals surface area contributed by atoms with Crippen LogP contribution in [0.5, 0.6) is 0 Å². The van der Waals surface area contributed by atoms with Crippen molar-refractivity contribution < 1.29 is 9.72 Å². The van der Waals surface area contributed by atoms with Gasteiger partial charge in [-0.25, -0.2) is 0 Å². The van der Waals surface area contributed by atoms with Gasteiger partial charge in [-0.15, -0.1) is 0 Å². The van der Waals surface area contributed by atoms with Gasteiger partial charge >= 0.3 is 5.82 Å². The highest BCUT2D eigenvalue weighted by atomic mass is 16.6. The summed E-state index contributed by atoms with van der Waals surface area (Å²) in [6.45, 7) is 1.60. The van der Waals surface area contributed by atoms with E-state index in [2.05, 4.69) is 4.98 Å². The third kappa shape index (κ3) is 1.78. The molecule has 0 bridgehead atoms. The first kappa shape index (κ1) is 9.11. The van der Waals surface area contributed by atoms with Gasteiger partial charge in [0.2, 0.25) is 0 Å². The molecule has 68 valence electrons. The summed E-state index contributed by atoms with van der Waals surface area (Å²) in [7, 11) is 0. The van der Waals surface area contributed by atoms with E-state index in [-0.39, 0.29) is 5.56 Å². The number of aromatic nitrogens is 1. The molecule has 0 aliphatic carbocycles. The molecule has 0 saturated heterocycles. The molecule has 0 unspecified atom stereocenters. The Labute approximate surface area is 73.5 Å². The maximum absolute atomic E-state index is 10.7. The molecule has 1 aromatic rings. The van der Waals surface area contributed by atoms with Crippen molar-refractivity contribution in [2.75, 3.05) is 0 Å². The topological polar surface area (TPSA) is 99.1 Å². The summed E-state index contributed by atoms with van der Waals surface area (Å²) in [5, 5.41) is 10.4. The summed E-state index contributed by atoms with van der Waals surface area (Å²) in [6.07, 6.45) is 0. The Morgan fingerprint density at radius 1 is 1.62 bits per heavy atom. The third-order valence-corrected chi connectivity index (χ3v) is 1.45. The lowest BCUT2D eigenvalue weighted by atomic mass is 10.2. The first-order valence-electron chi connectivity index (χ1n) is 3.44. The minimum atomic E-state index is -0.848. The molecule has 1 aromatic heterocycles. The number of rotatable bonds is 2. The van der Waals surface area contributed by atoms with Gasteiger partial charge in [-0.1, -0.05) is 0 Å². The lowest BCUT2D eigenvalue weighted by molar-refractivity contribution is -0.389. The van der Waals surface area contributed by atoms with Crippen molar-refractivity contribution in [1.29, 1.82) is 0 Å². The number of hydrogen-bond acceptors (Lipinski definition) is 4. The molecule has 0 spiro atoms. The van der Waals surface area contributed by atoms with Crippen molar-refractivity contribution in [2.24, 2.45) is 5.73 Å². The molecule has 0 aliphatic heterocycles. The highest BCUT2D eigenvalue weighted by molar-refractivity contribution is 5.96. The fraction of sp³-hybridized carbons (Fsp3) is 0.143. The Balaban J connectivity index is 3.35. The van der Waals surface area contributed by atoms with Crippen LogP contribution in [0.25, 0.3) is 0 Å². The Kier molecular flexibility index (Phi) is 2.23. The number of primary amides is 1. The number of carbonyl (C=O) groups is 1. The molecule has 13 heavy (non-hydrogen) atoms. The van der Waals surface area contributed by atoms with Crippen LogP contribution in [0.1, 0.15) is 16.1 Å². The van der Waals surface area contributed by atoms with Gasteiger partial charge in [0.15, 0.2) is 0 Å². The van der Waals surface area contributed by atoms with Crippen LogP contribution in [0, 0.1) is 17.0 Å². The maximum Gasteiger partial charge on any atom is 0.376 e. The average Bonchev–Trinajstić information content (AvgIpc) is 2.03. The van der Waals surface area contributed by atoms with Crippen LogP contribution >= 0.6 is 0 Å². The van der Waals surface area contributed by atoms with Gasteiger partial charge in [-0.2, -0.15) is 0 Å². The van der Waals surface area contributed by atoms with Crippen molar-refractivity contribution in [1.82, 2.24) is 4.98 Å². The standard InChI is InChI=1S/C7H7N3O3/c1-4-2-3-5(6(8)11)7(9-4)10(12)13/h2-3H,1H3,(H2,8,11). The summed E-state index contributed by atoms with van der Waals surface area (Å²) in [6, 6.07) is 2.79. The Morgan fingerprint density at radius 2 is 2.23 bits per heavy atom. The van der Waals surface area contributed by atoms with Gasteiger partial charge in [0.05, 0.1) is 0 Å².